The Hall–Kier alpha value is -2.08. The first-order valence-electron chi connectivity index (χ1n) is 7.39. The molecule has 0 nitrogen and oxygen atoms in total. The Balaban J connectivity index is 1.72. The van der Waals surface area contributed by atoms with E-state index >= 15 is 0 Å². The molecule has 98 valence electrons. The second-order valence-corrected chi connectivity index (χ2v) is 5.85. The quantitative estimate of drug-likeness (QED) is 0.589. The van der Waals surface area contributed by atoms with E-state index in [1.165, 1.54) is 33.4 Å². The van der Waals surface area contributed by atoms with Crippen LogP contribution in [0.15, 0.2) is 66.3 Å². The molecule has 0 amide bonds. The minimum Gasteiger partial charge on any atom is -0.0804 e. The topological polar surface area (TPSA) is 0 Å². The summed E-state index contributed by atoms with van der Waals surface area (Å²) in [6.45, 7) is 2.32. The first-order chi connectivity index (χ1) is 9.83. The van der Waals surface area contributed by atoms with E-state index in [0.29, 0.717) is 5.92 Å². The van der Waals surface area contributed by atoms with Crippen LogP contribution in [0.3, 0.4) is 0 Å². The Bertz CT molecular complexity index is 731. The lowest BCUT2D eigenvalue weighted by molar-refractivity contribution is 0.869. The van der Waals surface area contributed by atoms with Crippen molar-refractivity contribution in [2.45, 2.75) is 25.7 Å². The lowest BCUT2D eigenvalue weighted by Gasteiger charge is -2.15. The monoisotopic (exact) mass is 258 g/mol. The summed E-state index contributed by atoms with van der Waals surface area (Å²) in [4.78, 5) is 0. The van der Waals surface area contributed by atoms with Gasteiger partial charge in [0.05, 0.1) is 0 Å². The fourth-order valence-electron chi connectivity index (χ4n) is 3.43. The molecule has 0 aromatic heterocycles. The average Bonchev–Trinajstić information content (AvgIpc) is 3.13. The summed E-state index contributed by atoms with van der Waals surface area (Å²) < 4.78 is 0. The van der Waals surface area contributed by atoms with Gasteiger partial charge in [0.15, 0.2) is 0 Å². The molecule has 20 heavy (non-hydrogen) atoms. The predicted molar refractivity (Wildman–Crippen MR) is 84.9 cm³/mol. The van der Waals surface area contributed by atoms with Gasteiger partial charge in [-0.3, -0.25) is 0 Å². The summed E-state index contributed by atoms with van der Waals surface area (Å²) in [5, 5.41) is 0. The summed E-state index contributed by atoms with van der Waals surface area (Å²) in [6, 6.07) is 15.8. The standard InChI is InChI=1S/C20H18/c1-14(15-6-2-3-7-15)16-10-11-20-18(12-16)13-17-8-4-5-9-19(17)20/h2-6,8-12,14H,7,13H2,1H3. The van der Waals surface area contributed by atoms with Crippen molar-refractivity contribution < 1.29 is 0 Å². The number of hydrogen-bond acceptors (Lipinski definition) is 0. The molecule has 0 heterocycles. The minimum atomic E-state index is 0.527. The second-order valence-electron chi connectivity index (χ2n) is 5.85. The molecular weight excluding hydrogens is 240 g/mol. The van der Waals surface area contributed by atoms with E-state index in [9.17, 15) is 0 Å². The summed E-state index contributed by atoms with van der Waals surface area (Å²) in [6.07, 6.45) is 8.89. The molecule has 0 bridgehead atoms. The van der Waals surface area contributed by atoms with Crippen LogP contribution in [0.5, 0.6) is 0 Å². The smallest absolute Gasteiger partial charge is 0.00261 e. The minimum absolute atomic E-state index is 0.527. The van der Waals surface area contributed by atoms with Gasteiger partial charge in [-0.2, -0.15) is 0 Å². The van der Waals surface area contributed by atoms with Crippen LogP contribution in [-0.4, -0.2) is 0 Å². The zero-order valence-corrected chi connectivity index (χ0v) is 11.8. The fraction of sp³-hybridized carbons (Fsp3) is 0.200. The molecule has 0 spiro atoms. The van der Waals surface area contributed by atoms with Crippen LogP contribution in [0.1, 0.15) is 36.0 Å². The summed E-state index contributed by atoms with van der Waals surface area (Å²) in [5.41, 5.74) is 8.78. The SMILES string of the molecule is CC(C1=CC=CC1)c1ccc2c(c1)Cc1ccccc1-2. The molecular formula is C20H18. The van der Waals surface area contributed by atoms with Gasteiger partial charge in [0.1, 0.15) is 0 Å². The van der Waals surface area contributed by atoms with Crippen molar-refractivity contribution in [2.24, 2.45) is 0 Å². The van der Waals surface area contributed by atoms with E-state index in [1.54, 1.807) is 0 Å². The molecule has 2 aromatic carbocycles. The third-order valence-electron chi connectivity index (χ3n) is 4.67. The second kappa shape index (κ2) is 4.49. The van der Waals surface area contributed by atoms with Crippen molar-refractivity contribution in [2.75, 3.05) is 0 Å². The lowest BCUT2D eigenvalue weighted by atomic mass is 9.90. The van der Waals surface area contributed by atoms with Crippen LogP contribution in [0.4, 0.5) is 0 Å². The van der Waals surface area contributed by atoms with Crippen LogP contribution < -0.4 is 0 Å². The Morgan fingerprint density at radius 1 is 0.950 bits per heavy atom. The van der Waals surface area contributed by atoms with Crippen LogP contribution in [-0.2, 0) is 6.42 Å². The Morgan fingerprint density at radius 3 is 2.65 bits per heavy atom. The van der Waals surface area contributed by atoms with Gasteiger partial charge in [0.25, 0.3) is 0 Å². The molecule has 0 fully saturated rings. The lowest BCUT2D eigenvalue weighted by Crippen LogP contribution is -1.97. The van der Waals surface area contributed by atoms with E-state index in [-0.39, 0.29) is 0 Å². The Morgan fingerprint density at radius 2 is 1.80 bits per heavy atom. The van der Waals surface area contributed by atoms with Crippen molar-refractivity contribution in [1.29, 1.82) is 0 Å². The highest BCUT2D eigenvalue weighted by molar-refractivity contribution is 5.77. The van der Waals surface area contributed by atoms with Crippen molar-refractivity contribution in [3.8, 4) is 11.1 Å². The highest BCUT2D eigenvalue weighted by atomic mass is 14.2. The molecule has 2 aromatic rings. The number of allylic oxidation sites excluding steroid dienone is 4. The van der Waals surface area contributed by atoms with Gasteiger partial charge >= 0.3 is 0 Å². The van der Waals surface area contributed by atoms with E-state index < -0.39 is 0 Å². The number of fused-ring (bicyclic) bond motifs is 3. The van der Waals surface area contributed by atoms with Crippen molar-refractivity contribution in [3.63, 3.8) is 0 Å². The summed E-state index contributed by atoms with van der Waals surface area (Å²) in [5.74, 6) is 0.527. The normalized spacial score (nSPS) is 16.8. The Kier molecular flexibility index (Phi) is 2.63. The number of benzene rings is 2. The molecule has 4 rings (SSSR count). The molecule has 1 unspecified atom stereocenters. The van der Waals surface area contributed by atoms with Crippen LogP contribution >= 0.6 is 0 Å². The highest BCUT2D eigenvalue weighted by Crippen LogP contribution is 2.39. The van der Waals surface area contributed by atoms with Gasteiger partial charge in [-0.15, -0.1) is 0 Å². The van der Waals surface area contributed by atoms with E-state index in [4.69, 9.17) is 0 Å². The Labute approximate surface area is 120 Å². The van der Waals surface area contributed by atoms with Crippen molar-refractivity contribution >= 4 is 0 Å². The van der Waals surface area contributed by atoms with Gasteiger partial charge in [-0.1, -0.05) is 73.2 Å². The van der Waals surface area contributed by atoms with Crippen molar-refractivity contribution in [3.05, 3.63) is 83.0 Å². The number of rotatable bonds is 2. The van der Waals surface area contributed by atoms with Gasteiger partial charge in [-0.25, -0.2) is 0 Å². The van der Waals surface area contributed by atoms with Crippen LogP contribution in [0, 0.1) is 0 Å². The molecule has 0 heteroatoms. The largest absolute Gasteiger partial charge is 0.0804 e. The van der Waals surface area contributed by atoms with Gasteiger partial charge in [-0.05, 0) is 40.7 Å². The molecule has 0 saturated heterocycles. The molecule has 0 saturated carbocycles. The molecule has 2 aliphatic rings. The van der Waals surface area contributed by atoms with E-state index in [1.807, 2.05) is 0 Å². The summed E-state index contributed by atoms with van der Waals surface area (Å²) >= 11 is 0. The first-order valence-corrected chi connectivity index (χ1v) is 7.39. The summed E-state index contributed by atoms with van der Waals surface area (Å²) in [7, 11) is 0. The molecule has 1 atom stereocenters. The first kappa shape index (κ1) is 11.7. The number of hydrogen-bond donors (Lipinski definition) is 0. The van der Waals surface area contributed by atoms with Crippen LogP contribution in [0.2, 0.25) is 0 Å². The fourth-order valence-corrected chi connectivity index (χ4v) is 3.43. The maximum atomic E-state index is 2.42. The third-order valence-corrected chi connectivity index (χ3v) is 4.67. The molecule has 0 radical (unpaired) electrons. The zero-order chi connectivity index (χ0) is 13.5. The van der Waals surface area contributed by atoms with Crippen LogP contribution in [0.25, 0.3) is 11.1 Å². The van der Waals surface area contributed by atoms with E-state index in [2.05, 4.69) is 67.6 Å². The van der Waals surface area contributed by atoms with Gasteiger partial charge in [0, 0.05) is 5.92 Å². The zero-order valence-electron chi connectivity index (χ0n) is 11.8. The molecule has 0 N–H and O–H groups in total. The third kappa shape index (κ3) is 1.76. The van der Waals surface area contributed by atoms with Crippen molar-refractivity contribution in [1.82, 2.24) is 0 Å². The highest BCUT2D eigenvalue weighted by Gasteiger charge is 2.20. The maximum absolute atomic E-state index is 2.42. The molecule has 2 aliphatic carbocycles. The average molecular weight is 258 g/mol. The van der Waals surface area contributed by atoms with Gasteiger partial charge < -0.3 is 0 Å². The molecule has 0 aliphatic heterocycles. The predicted octanol–water partition coefficient (Wildman–Crippen LogP) is 5.25. The van der Waals surface area contributed by atoms with E-state index in [0.717, 1.165) is 12.8 Å². The van der Waals surface area contributed by atoms with Gasteiger partial charge in [0.2, 0.25) is 0 Å². The maximum Gasteiger partial charge on any atom is 0.00261 e.